The van der Waals surface area contributed by atoms with E-state index in [0.717, 1.165) is 27.0 Å². The maximum Gasteiger partial charge on any atom is 0.282 e. The summed E-state index contributed by atoms with van der Waals surface area (Å²) in [7, 11) is 1.63. The van der Waals surface area contributed by atoms with Crippen molar-refractivity contribution < 1.29 is 9.53 Å². The highest BCUT2D eigenvalue weighted by molar-refractivity contribution is 9.10. The molecule has 0 fully saturated rings. The number of amides is 1. The van der Waals surface area contributed by atoms with Crippen LogP contribution in [0.25, 0.3) is 6.08 Å². The van der Waals surface area contributed by atoms with Gasteiger partial charge in [0.1, 0.15) is 17.3 Å². The lowest BCUT2D eigenvalue weighted by Crippen LogP contribution is -2.32. The minimum atomic E-state index is -0.153. The van der Waals surface area contributed by atoms with Crippen molar-refractivity contribution >= 4 is 39.4 Å². The fourth-order valence-electron chi connectivity index (χ4n) is 2.98. The number of benzene rings is 3. The molecule has 0 aliphatic carbocycles. The number of carbonyl (C=O) groups is 1. The van der Waals surface area contributed by atoms with Gasteiger partial charge in [0, 0.05) is 10.0 Å². The molecular formula is C23H17BrN2O2. The Morgan fingerprint density at radius 3 is 2.25 bits per heavy atom. The minimum Gasteiger partial charge on any atom is -0.497 e. The number of rotatable bonds is 4. The third-order valence-electron chi connectivity index (χ3n) is 4.40. The number of hydrogen-bond donors (Lipinski definition) is 0. The van der Waals surface area contributed by atoms with Crippen LogP contribution >= 0.6 is 15.9 Å². The largest absolute Gasteiger partial charge is 0.497 e. The molecular weight excluding hydrogens is 416 g/mol. The van der Waals surface area contributed by atoms with Crippen LogP contribution in [0.4, 0.5) is 5.69 Å². The second kappa shape index (κ2) is 7.82. The number of aliphatic imine (C=N–C) groups is 1. The quantitative estimate of drug-likeness (QED) is 0.525. The van der Waals surface area contributed by atoms with E-state index in [2.05, 4.69) is 20.9 Å². The number of hydrogen-bond acceptors (Lipinski definition) is 3. The first-order chi connectivity index (χ1) is 13.7. The van der Waals surface area contributed by atoms with Gasteiger partial charge in [-0.2, -0.15) is 0 Å². The molecule has 0 aromatic heterocycles. The first-order valence-electron chi connectivity index (χ1n) is 8.75. The van der Waals surface area contributed by atoms with Crippen LogP contribution in [0.15, 0.2) is 94.0 Å². The normalized spacial score (nSPS) is 15.1. The zero-order valence-corrected chi connectivity index (χ0v) is 16.8. The van der Waals surface area contributed by atoms with Gasteiger partial charge in [-0.25, -0.2) is 4.99 Å². The van der Waals surface area contributed by atoms with Crippen LogP contribution in [-0.4, -0.2) is 18.9 Å². The maximum atomic E-state index is 13.2. The summed E-state index contributed by atoms with van der Waals surface area (Å²) in [6, 6.07) is 24.8. The molecule has 28 heavy (non-hydrogen) atoms. The van der Waals surface area contributed by atoms with Crippen LogP contribution in [-0.2, 0) is 4.79 Å². The molecule has 0 unspecified atom stereocenters. The first kappa shape index (κ1) is 18.2. The van der Waals surface area contributed by atoms with E-state index in [1.165, 1.54) is 0 Å². The highest BCUT2D eigenvalue weighted by Gasteiger charge is 2.32. The average molecular weight is 433 g/mol. The van der Waals surface area contributed by atoms with E-state index in [1.54, 1.807) is 18.1 Å². The predicted octanol–water partition coefficient (Wildman–Crippen LogP) is 5.29. The number of nitrogens with zero attached hydrogens (tertiary/aromatic N) is 2. The first-order valence-corrected chi connectivity index (χ1v) is 9.55. The van der Waals surface area contributed by atoms with E-state index in [1.807, 2.05) is 78.9 Å². The van der Waals surface area contributed by atoms with Gasteiger partial charge in [-0.05, 0) is 60.2 Å². The van der Waals surface area contributed by atoms with Crippen molar-refractivity contribution in [3.8, 4) is 5.75 Å². The second-order valence-electron chi connectivity index (χ2n) is 6.22. The van der Waals surface area contributed by atoms with Crippen LogP contribution in [0.3, 0.4) is 0 Å². The van der Waals surface area contributed by atoms with Crippen LogP contribution in [0.1, 0.15) is 11.1 Å². The van der Waals surface area contributed by atoms with Gasteiger partial charge in [0.05, 0.1) is 12.8 Å². The molecule has 0 radical (unpaired) electrons. The Morgan fingerprint density at radius 1 is 0.929 bits per heavy atom. The molecule has 3 aromatic carbocycles. The van der Waals surface area contributed by atoms with E-state index in [9.17, 15) is 4.79 Å². The smallest absolute Gasteiger partial charge is 0.282 e. The Labute approximate surface area is 171 Å². The molecule has 3 aromatic rings. The van der Waals surface area contributed by atoms with Gasteiger partial charge in [-0.1, -0.05) is 46.3 Å². The van der Waals surface area contributed by atoms with Crippen molar-refractivity contribution in [2.45, 2.75) is 0 Å². The molecule has 0 N–H and O–H groups in total. The summed E-state index contributed by atoms with van der Waals surface area (Å²) in [6.45, 7) is 0. The van der Waals surface area contributed by atoms with Crippen LogP contribution in [0.5, 0.6) is 5.75 Å². The fourth-order valence-corrected chi connectivity index (χ4v) is 3.25. The van der Waals surface area contributed by atoms with Crippen LogP contribution in [0.2, 0.25) is 0 Å². The topological polar surface area (TPSA) is 41.9 Å². The monoisotopic (exact) mass is 432 g/mol. The third kappa shape index (κ3) is 3.62. The van der Waals surface area contributed by atoms with Crippen LogP contribution in [0, 0.1) is 0 Å². The fraction of sp³-hybridized carbons (Fsp3) is 0.0435. The Balaban J connectivity index is 1.79. The van der Waals surface area contributed by atoms with Gasteiger partial charge in [-0.15, -0.1) is 0 Å². The number of para-hydroxylation sites is 1. The van der Waals surface area contributed by atoms with Crippen molar-refractivity contribution in [1.29, 1.82) is 0 Å². The van der Waals surface area contributed by atoms with Crippen molar-refractivity contribution in [2.24, 2.45) is 4.99 Å². The van der Waals surface area contributed by atoms with E-state index < -0.39 is 0 Å². The van der Waals surface area contributed by atoms with Gasteiger partial charge in [-0.3, -0.25) is 9.69 Å². The Kier molecular flexibility index (Phi) is 5.08. The molecule has 1 amide bonds. The zero-order valence-electron chi connectivity index (χ0n) is 15.2. The predicted molar refractivity (Wildman–Crippen MR) is 116 cm³/mol. The minimum absolute atomic E-state index is 0.153. The van der Waals surface area contributed by atoms with Crippen molar-refractivity contribution in [2.75, 3.05) is 12.0 Å². The van der Waals surface area contributed by atoms with E-state index in [-0.39, 0.29) is 5.91 Å². The number of anilines is 1. The summed E-state index contributed by atoms with van der Waals surface area (Å²) in [5.41, 5.74) is 2.94. The van der Waals surface area contributed by atoms with Gasteiger partial charge >= 0.3 is 0 Å². The standard InChI is InChI=1S/C23H17BrN2O2/c1-28-20-13-9-17(10-14-20)22-25-21(15-16-7-11-18(24)12-8-16)23(27)26(22)19-5-3-2-4-6-19/h2-15H,1H3/b21-15+. The van der Waals surface area contributed by atoms with E-state index in [4.69, 9.17) is 4.74 Å². The highest BCUT2D eigenvalue weighted by atomic mass is 79.9. The number of carbonyl (C=O) groups excluding carboxylic acids is 1. The molecule has 138 valence electrons. The molecule has 4 rings (SSSR count). The van der Waals surface area contributed by atoms with E-state index in [0.29, 0.717) is 11.5 Å². The lowest BCUT2D eigenvalue weighted by molar-refractivity contribution is -0.113. The Bertz CT molecular complexity index is 1060. The third-order valence-corrected chi connectivity index (χ3v) is 4.93. The average Bonchev–Trinajstić information content (AvgIpc) is 3.06. The summed E-state index contributed by atoms with van der Waals surface area (Å²) in [5.74, 6) is 1.20. The van der Waals surface area contributed by atoms with Crippen molar-refractivity contribution in [3.05, 3.63) is 100 Å². The number of halogens is 1. The maximum absolute atomic E-state index is 13.2. The molecule has 0 saturated carbocycles. The van der Waals surface area contributed by atoms with E-state index >= 15 is 0 Å². The van der Waals surface area contributed by atoms with Crippen molar-refractivity contribution in [1.82, 2.24) is 0 Å². The Hall–Kier alpha value is -3.18. The lowest BCUT2D eigenvalue weighted by atomic mass is 10.1. The number of amidine groups is 1. The summed E-state index contributed by atoms with van der Waals surface area (Å²) in [5, 5.41) is 0. The molecule has 1 aliphatic rings. The number of ether oxygens (including phenoxy) is 1. The molecule has 0 bridgehead atoms. The number of methoxy groups -OCH3 is 1. The summed E-state index contributed by atoms with van der Waals surface area (Å²) in [6.07, 6.45) is 1.81. The molecule has 0 atom stereocenters. The molecule has 1 aliphatic heterocycles. The lowest BCUT2D eigenvalue weighted by Gasteiger charge is -2.18. The van der Waals surface area contributed by atoms with Crippen LogP contribution < -0.4 is 9.64 Å². The summed E-state index contributed by atoms with van der Waals surface area (Å²) in [4.78, 5) is 19.5. The SMILES string of the molecule is COc1ccc(C2=N/C(=C/c3ccc(Br)cc3)C(=O)N2c2ccccc2)cc1. The van der Waals surface area contributed by atoms with Gasteiger partial charge < -0.3 is 4.74 Å². The molecule has 1 heterocycles. The summed E-state index contributed by atoms with van der Waals surface area (Å²) < 4.78 is 6.23. The van der Waals surface area contributed by atoms with Crippen molar-refractivity contribution in [3.63, 3.8) is 0 Å². The second-order valence-corrected chi connectivity index (χ2v) is 7.14. The molecule has 4 nitrogen and oxygen atoms in total. The molecule has 0 saturated heterocycles. The molecule has 5 heteroatoms. The zero-order chi connectivity index (χ0) is 19.5. The Morgan fingerprint density at radius 2 is 1.61 bits per heavy atom. The van der Waals surface area contributed by atoms with Gasteiger partial charge in [0.15, 0.2) is 0 Å². The molecule has 0 spiro atoms. The van der Waals surface area contributed by atoms with Gasteiger partial charge in [0.25, 0.3) is 5.91 Å². The summed E-state index contributed by atoms with van der Waals surface area (Å²) >= 11 is 3.43. The highest BCUT2D eigenvalue weighted by Crippen LogP contribution is 2.28. The van der Waals surface area contributed by atoms with Gasteiger partial charge in [0.2, 0.25) is 0 Å².